The normalized spacial score (nSPS) is 17.2. The van der Waals surface area contributed by atoms with Crippen LogP contribution in [-0.2, 0) is 11.2 Å². The van der Waals surface area contributed by atoms with Crippen LogP contribution in [0.25, 0.3) is 0 Å². The summed E-state index contributed by atoms with van der Waals surface area (Å²) < 4.78 is 18.7. The minimum absolute atomic E-state index is 0.0504. The number of halogens is 1. The smallest absolute Gasteiger partial charge is 0.227 e. The van der Waals surface area contributed by atoms with E-state index in [0.717, 1.165) is 11.3 Å². The molecule has 2 heterocycles. The van der Waals surface area contributed by atoms with Crippen LogP contribution < -0.4 is 4.90 Å². The predicted octanol–water partition coefficient (Wildman–Crippen LogP) is 3.32. The van der Waals surface area contributed by atoms with Crippen molar-refractivity contribution in [2.24, 2.45) is 0 Å². The van der Waals surface area contributed by atoms with Gasteiger partial charge in [-0.05, 0) is 29.8 Å². The molecule has 1 aliphatic rings. The van der Waals surface area contributed by atoms with Crippen molar-refractivity contribution in [1.82, 2.24) is 10.2 Å². The summed E-state index contributed by atoms with van der Waals surface area (Å²) in [6.07, 6.45) is 0.795. The highest BCUT2D eigenvalue weighted by Gasteiger charge is 2.34. The van der Waals surface area contributed by atoms with Gasteiger partial charge in [0.05, 0.1) is 12.3 Å². The van der Waals surface area contributed by atoms with E-state index in [1.807, 2.05) is 30.3 Å². The Kier molecular flexibility index (Phi) is 4.01. The number of aromatic nitrogens is 2. The summed E-state index contributed by atoms with van der Waals surface area (Å²) in [6, 6.07) is 15.7. The van der Waals surface area contributed by atoms with Gasteiger partial charge in [-0.25, -0.2) is 4.39 Å². The average Bonchev–Trinajstić information content (AvgIpc) is 3.24. The third kappa shape index (κ3) is 3.28. The Morgan fingerprint density at radius 2 is 1.84 bits per heavy atom. The molecule has 1 aliphatic heterocycles. The van der Waals surface area contributed by atoms with E-state index >= 15 is 0 Å². The van der Waals surface area contributed by atoms with Crippen LogP contribution in [0, 0.1) is 5.82 Å². The fourth-order valence-corrected chi connectivity index (χ4v) is 3.01. The molecule has 5 nitrogen and oxygen atoms in total. The second kappa shape index (κ2) is 6.47. The lowest BCUT2D eigenvalue weighted by Gasteiger charge is -2.15. The summed E-state index contributed by atoms with van der Waals surface area (Å²) >= 11 is 0. The molecule has 1 atom stereocenters. The SMILES string of the molecule is O=C1CC(c2nnc(Cc3ccc(F)cc3)o2)CN1c1ccccc1. The van der Waals surface area contributed by atoms with E-state index in [4.69, 9.17) is 4.42 Å². The highest BCUT2D eigenvalue weighted by molar-refractivity contribution is 5.96. The number of rotatable bonds is 4. The van der Waals surface area contributed by atoms with Crippen LogP contribution >= 0.6 is 0 Å². The molecule has 126 valence electrons. The summed E-state index contributed by atoms with van der Waals surface area (Å²) in [5, 5.41) is 8.17. The molecular formula is C19H16FN3O2. The van der Waals surface area contributed by atoms with Crippen molar-refractivity contribution in [1.29, 1.82) is 0 Å². The van der Waals surface area contributed by atoms with E-state index < -0.39 is 0 Å². The molecule has 1 amide bonds. The van der Waals surface area contributed by atoms with Gasteiger partial charge < -0.3 is 9.32 Å². The van der Waals surface area contributed by atoms with Gasteiger partial charge in [-0.1, -0.05) is 30.3 Å². The van der Waals surface area contributed by atoms with E-state index in [-0.39, 0.29) is 17.6 Å². The van der Waals surface area contributed by atoms with Crippen LogP contribution in [0.2, 0.25) is 0 Å². The van der Waals surface area contributed by atoms with Crippen molar-refractivity contribution in [3.8, 4) is 0 Å². The Hall–Kier alpha value is -3.02. The van der Waals surface area contributed by atoms with Crippen molar-refractivity contribution < 1.29 is 13.6 Å². The van der Waals surface area contributed by atoms with Crippen LogP contribution in [0.15, 0.2) is 59.0 Å². The van der Waals surface area contributed by atoms with E-state index in [2.05, 4.69) is 10.2 Å². The van der Waals surface area contributed by atoms with Gasteiger partial charge in [-0.15, -0.1) is 10.2 Å². The fraction of sp³-hybridized carbons (Fsp3) is 0.211. The maximum atomic E-state index is 13.0. The van der Waals surface area contributed by atoms with Gasteiger partial charge >= 0.3 is 0 Å². The number of para-hydroxylation sites is 1. The minimum Gasteiger partial charge on any atom is -0.425 e. The third-order valence-electron chi connectivity index (χ3n) is 4.29. The number of nitrogens with zero attached hydrogens (tertiary/aromatic N) is 3. The Balaban J connectivity index is 1.47. The zero-order chi connectivity index (χ0) is 17.2. The van der Waals surface area contributed by atoms with Gasteiger partial charge in [0.1, 0.15) is 5.82 Å². The van der Waals surface area contributed by atoms with Gasteiger partial charge in [0.15, 0.2) is 0 Å². The number of amides is 1. The summed E-state index contributed by atoms with van der Waals surface area (Å²) in [4.78, 5) is 14.0. The number of anilines is 1. The van der Waals surface area contributed by atoms with Crippen molar-refractivity contribution in [2.75, 3.05) is 11.4 Å². The topological polar surface area (TPSA) is 59.2 Å². The lowest BCUT2D eigenvalue weighted by atomic mass is 10.1. The first-order valence-electron chi connectivity index (χ1n) is 8.11. The van der Waals surface area contributed by atoms with Gasteiger partial charge in [0.25, 0.3) is 0 Å². The molecule has 4 rings (SSSR count). The summed E-state index contributed by atoms with van der Waals surface area (Å²) in [5.74, 6) is 0.605. The van der Waals surface area contributed by atoms with Crippen molar-refractivity contribution in [3.05, 3.63) is 77.8 Å². The molecule has 0 bridgehead atoms. The van der Waals surface area contributed by atoms with Gasteiger partial charge in [0.2, 0.25) is 17.7 Å². The number of benzene rings is 2. The van der Waals surface area contributed by atoms with Crippen molar-refractivity contribution >= 4 is 11.6 Å². The maximum absolute atomic E-state index is 13.0. The zero-order valence-corrected chi connectivity index (χ0v) is 13.4. The van der Waals surface area contributed by atoms with Crippen LogP contribution in [0.1, 0.15) is 29.7 Å². The van der Waals surface area contributed by atoms with E-state index in [1.165, 1.54) is 12.1 Å². The molecule has 6 heteroatoms. The second-order valence-corrected chi connectivity index (χ2v) is 6.08. The lowest BCUT2D eigenvalue weighted by Crippen LogP contribution is -2.24. The van der Waals surface area contributed by atoms with E-state index in [9.17, 15) is 9.18 Å². The first-order chi connectivity index (χ1) is 12.2. The second-order valence-electron chi connectivity index (χ2n) is 6.08. The Labute approximate surface area is 144 Å². The lowest BCUT2D eigenvalue weighted by molar-refractivity contribution is -0.117. The highest BCUT2D eigenvalue weighted by atomic mass is 19.1. The standard InChI is InChI=1S/C19H16FN3O2/c20-15-8-6-13(7-9-15)10-17-21-22-19(25-17)14-11-18(24)23(12-14)16-4-2-1-3-5-16/h1-9,14H,10-12H2. The largest absolute Gasteiger partial charge is 0.425 e. The number of carbonyl (C=O) groups excluding carboxylic acids is 1. The average molecular weight is 337 g/mol. The predicted molar refractivity (Wildman–Crippen MR) is 89.7 cm³/mol. The van der Waals surface area contributed by atoms with Crippen LogP contribution in [-0.4, -0.2) is 22.6 Å². The van der Waals surface area contributed by atoms with Gasteiger partial charge in [-0.3, -0.25) is 4.79 Å². The Morgan fingerprint density at radius 1 is 1.08 bits per heavy atom. The Bertz CT molecular complexity index is 877. The van der Waals surface area contributed by atoms with Gasteiger partial charge in [0, 0.05) is 18.7 Å². The molecule has 0 saturated carbocycles. The van der Waals surface area contributed by atoms with Crippen molar-refractivity contribution in [2.45, 2.75) is 18.8 Å². The summed E-state index contributed by atoms with van der Waals surface area (Å²) in [5.41, 5.74) is 1.77. The van der Waals surface area contributed by atoms with Crippen molar-refractivity contribution in [3.63, 3.8) is 0 Å². The molecule has 0 spiro atoms. The highest BCUT2D eigenvalue weighted by Crippen LogP contribution is 2.31. The molecule has 1 unspecified atom stereocenters. The fourth-order valence-electron chi connectivity index (χ4n) is 3.01. The number of hydrogen-bond acceptors (Lipinski definition) is 4. The molecule has 0 radical (unpaired) electrons. The molecule has 0 aliphatic carbocycles. The summed E-state index contributed by atoms with van der Waals surface area (Å²) in [6.45, 7) is 0.529. The molecular weight excluding hydrogens is 321 g/mol. The maximum Gasteiger partial charge on any atom is 0.227 e. The molecule has 3 aromatic rings. The monoisotopic (exact) mass is 337 g/mol. The van der Waals surface area contributed by atoms with Gasteiger partial charge in [-0.2, -0.15) is 0 Å². The first kappa shape index (κ1) is 15.5. The molecule has 25 heavy (non-hydrogen) atoms. The molecule has 2 aromatic carbocycles. The van der Waals surface area contributed by atoms with E-state index in [0.29, 0.717) is 31.2 Å². The number of hydrogen-bond donors (Lipinski definition) is 0. The molecule has 1 aromatic heterocycles. The minimum atomic E-state index is -0.277. The van der Waals surface area contributed by atoms with E-state index in [1.54, 1.807) is 17.0 Å². The molecule has 1 saturated heterocycles. The Morgan fingerprint density at radius 3 is 2.60 bits per heavy atom. The zero-order valence-electron chi connectivity index (χ0n) is 13.4. The third-order valence-corrected chi connectivity index (χ3v) is 4.29. The first-order valence-corrected chi connectivity index (χ1v) is 8.11. The quantitative estimate of drug-likeness (QED) is 0.733. The van der Waals surface area contributed by atoms with Crippen LogP contribution in [0.5, 0.6) is 0 Å². The molecule has 1 fully saturated rings. The molecule has 0 N–H and O–H groups in total. The number of carbonyl (C=O) groups is 1. The van der Waals surface area contributed by atoms with Crippen LogP contribution in [0.4, 0.5) is 10.1 Å². The van der Waals surface area contributed by atoms with Crippen LogP contribution in [0.3, 0.4) is 0 Å². The summed E-state index contributed by atoms with van der Waals surface area (Å²) in [7, 11) is 0.